The van der Waals surface area contributed by atoms with Gasteiger partial charge in [-0.2, -0.15) is 13.2 Å². The Balaban J connectivity index is 0.000000343. The summed E-state index contributed by atoms with van der Waals surface area (Å²) in [6, 6.07) is 27.2. The maximum Gasteiger partial charge on any atom is 0.485 e. The first-order chi connectivity index (χ1) is 13.9. The van der Waals surface area contributed by atoms with Crippen LogP contribution in [0.4, 0.5) is 13.2 Å². The van der Waals surface area contributed by atoms with Crippen LogP contribution in [0.2, 0.25) is 0 Å². The minimum atomic E-state index is -6.09. The number of halogens is 3. The molecule has 0 atom stereocenters. The predicted molar refractivity (Wildman–Crippen MR) is 114 cm³/mol. The van der Waals surface area contributed by atoms with E-state index in [1.807, 2.05) is 0 Å². The fraction of sp³-hybridized carbons (Fsp3) is 0.182. The topological polar surface area (TPSA) is 57.2 Å². The van der Waals surface area contributed by atoms with Crippen LogP contribution < -0.4 is 13.4 Å². The van der Waals surface area contributed by atoms with Crippen LogP contribution in [0.5, 0.6) is 0 Å². The molecule has 0 spiro atoms. The van der Waals surface area contributed by atoms with Gasteiger partial charge in [-0.3, -0.25) is 0 Å². The van der Waals surface area contributed by atoms with Gasteiger partial charge in [0.15, 0.2) is 10.1 Å². The van der Waals surface area contributed by atoms with E-state index in [1.165, 1.54) is 30.1 Å². The van der Waals surface area contributed by atoms with Crippen molar-refractivity contribution in [3.8, 4) is 0 Å². The third-order valence-electron chi connectivity index (χ3n) is 4.05. The predicted octanol–water partition coefficient (Wildman–Crippen LogP) is 3.18. The summed E-state index contributed by atoms with van der Waals surface area (Å²) in [7, 11) is -6.09. The number of benzene rings is 3. The summed E-state index contributed by atoms with van der Waals surface area (Å²) in [5.74, 6) is 0. The summed E-state index contributed by atoms with van der Waals surface area (Å²) in [4.78, 5) is 0. The number of hydrogen-bond donors (Lipinski definition) is 0. The molecule has 0 N–H and O–H groups in total. The third-order valence-corrected chi connectivity index (χ3v) is 9.30. The third kappa shape index (κ3) is 6.70. The van der Waals surface area contributed by atoms with E-state index in [-0.39, 0.29) is 0 Å². The average molecular weight is 501 g/mol. The molecule has 0 amide bonds. The summed E-state index contributed by atoms with van der Waals surface area (Å²) >= 11 is -1.20. The van der Waals surface area contributed by atoms with Crippen LogP contribution in [0.3, 0.4) is 0 Å². The van der Waals surface area contributed by atoms with Crippen molar-refractivity contribution in [2.24, 2.45) is 0 Å². The first kappa shape index (κ1) is 24.2. The number of aryl methyl sites for hydroxylation is 3. The van der Waals surface area contributed by atoms with Crippen LogP contribution in [0.25, 0.3) is 0 Å². The molecule has 8 heteroatoms. The zero-order valence-corrected chi connectivity index (χ0v) is 19.1. The molecule has 0 fully saturated rings. The van der Waals surface area contributed by atoms with Crippen molar-refractivity contribution in [1.82, 2.24) is 0 Å². The van der Waals surface area contributed by atoms with Gasteiger partial charge in [0, 0.05) is 0 Å². The van der Waals surface area contributed by atoms with E-state index in [0.717, 1.165) is 0 Å². The number of hydrogen-bond acceptors (Lipinski definition) is 3. The van der Waals surface area contributed by atoms with Crippen molar-refractivity contribution in [1.29, 1.82) is 0 Å². The van der Waals surface area contributed by atoms with E-state index < -0.39 is 29.5 Å². The van der Waals surface area contributed by atoms with E-state index in [4.69, 9.17) is 13.0 Å². The molecule has 0 unspecified atom stereocenters. The number of rotatable bonds is 3. The normalized spacial score (nSPS) is 11.7. The molecule has 30 heavy (non-hydrogen) atoms. The van der Waals surface area contributed by atoms with Crippen LogP contribution in [0, 0.1) is 20.8 Å². The summed E-state index contributed by atoms with van der Waals surface area (Å²) in [5.41, 5.74) is -1.68. The van der Waals surface area contributed by atoms with Gasteiger partial charge >= 0.3 is 143 Å². The molecule has 0 bridgehead atoms. The van der Waals surface area contributed by atoms with Gasteiger partial charge in [-0.1, -0.05) is 0 Å². The zero-order valence-electron chi connectivity index (χ0n) is 16.6. The van der Waals surface area contributed by atoms with E-state index in [0.29, 0.717) is 0 Å². The van der Waals surface area contributed by atoms with Gasteiger partial charge in [0.05, 0.1) is 0 Å². The Morgan fingerprint density at radius 1 is 0.633 bits per heavy atom. The monoisotopic (exact) mass is 502 g/mol. The Labute approximate surface area is 179 Å². The fourth-order valence-corrected chi connectivity index (χ4v) is 6.71. The van der Waals surface area contributed by atoms with Crippen molar-refractivity contribution >= 4 is 37.4 Å². The van der Waals surface area contributed by atoms with Crippen LogP contribution in [0.15, 0.2) is 72.8 Å². The second-order valence-electron chi connectivity index (χ2n) is 6.65. The fourth-order valence-electron chi connectivity index (χ4n) is 2.43. The Morgan fingerprint density at radius 2 is 0.833 bits per heavy atom. The molecule has 3 aromatic carbocycles. The summed E-state index contributed by atoms with van der Waals surface area (Å²) in [6.07, 6.45) is 0. The van der Waals surface area contributed by atoms with Gasteiger partial charge < -0.3 is 4.55 Å². The molecule has 0 aliphatic heterocycles. The van der Waals surface area contributed by atoms with E-state index in [9.17, 15) is 13.2 Å². The summed E-state index contributed by atoms with van der Waals surface area (Å²) in [6.45, 7) is 6.45. The van der Waals surface area contributed by atoms with Gasteiger partial charge in [0.25, 0.3) is 0 Å². The second kappa shape index (κ2) is 9.79. The molecule has 160 valence electrons. The molecule has 3 rings (SSSR count). The molecule has 0 aliphatic carbocycles. The largest absolute Gasteiger partial charge is 0.741 e. The molecule has 0 aromatic heterocycles. The van der Waals surface area contributed by atoms with E-state index >= 15 is 0 Å². The SMILES string of the molecule is Cc1ccc([Se+](c2ccc(C)cc2)c2ccc(C)cc2)cc1.O=S(=O)([O-])C(F)(F)F. The van der Waals surface area contributed by atoms with Crippen LogP contribution in [0.1, 0.15) is 16.7 Å². The molecular formula is C22H21F3O3SSe. The Kier molecular flexibility index (Phi) is 7.88. The van der Waals surface area contributed by atoms with Crippen molar-refractivity contribution in [3.63, 3.8) is 0 Å². The molecule has 0 aliphatic rings. The molecular weight excluding hydrogens is 480 g/mol. The maximum absolute atomic E-state index is 10.7. The van der Waals surface area contributed by atoms with Gasteiger partial charge in [-0.25, -0.2) is 8.42 Å². The van der Waals surface area contributed by atoms with Gasteiger partial charge in [0.2, 0.25) is 0 Å². The smallest absolute Gasteiger partial charge is 0.485 e. The number of alkyl halides is 3. The van der Waals surface area contributed by atoms with Crippen LogP contribution in [-0.4, -0.2) is 32.4 Å². The van der Waals surface area contributed by atoms with Crippen LogP contribution in [-0.2, 0) is 10.1 Å². The minimum Gasteiger partial charge on any atom is -0.741 e. The molecule has 0 radical (unpaired) electrons. The van der Waals surface area contributed by atoms with Crippen molar-refractivity contribution < 1.29 is 26.1 Å². The first-order valence-corrected chi connectivity index (χ1v) is 12.8. The van der Waals surface area contributed by atoms with E-state index in [1.54, 1.807) is 0 Å². The van der Waals surface area contributed by atoms with E-state index in [2.05, 4.69) is 93.6 Å². The Hall–Kier alpha value is -2.12. The molecule has 3 nitrogen and oxygen atoms in total. The van der Waals surface area contributed by atoms with Crippen molar-refractivity contribution in [3.05, 3.63) is 89.5 Å². The molecule has 0 saturated heterocycles. The van der Waals surface area contributed by atoms with Crippen molar-refractivity contribution in [2.75, 3.05) is 0 Å². The Bertz CT molecular complexity index is 952. The molecule has 3 aromatic rings. The van der Waals surface area contributed by atoms with Gasteiger partial charge in [-0.15, -0.1) is 0 Å². The average Bonchev–Trinajstić information content (AvgIpc) is 2.65. The molecule has 0 heterocycles. The second-order valence-corrected chi connectivity index (χ2v) is 12.3. The van der Waals surface area contributed by atoms with Crippen LogP contribution >= 0.6 is 0 Å². The quantitative estimate of drug-likeness (QED) is 0.315. The zero-order chi connectivity index (χ0) is 22.5. The first-order valence-electron chi connectivity index (χ1n) is 8.85. The minimum absolute atomic E-state index is 1.20. The van der Waals surface area contributed by atoms with Gasteiger partial charge in [0.1, 0.15) is 0 Å². The Morgan fingerprint density at radius 3 is 1.00 bits per heavy atom. The molecule has 0 saturated carbocycles. The standard InChI is InChI=1S/C21H21Se.CHF3O3S/c1-16-4-10-19(11-5-16)22(20-12-6-17(2)7-13-20)21-14-8-18(3)9-15-21;2-1(3,4)8(5,6)7/h4-15H,1-3H3;(H,5,6,7)/q+1;/p-1. The summed E-state index contributed by atoms with van der Waals surface area (Å²) in [5, 5.41) is 0. The van der Waals surface area contributed by atoms with Gasteiger partial charge in [-0.05, 0) is 0 Å². The maximum atomic E-state index is 10.7. The summed E-state index contributed by atoms with van der Waals surface area (Å²) < 4.78 is 63.3. The van der Waals surface area contributed by atoms with Crippen molar-refractivity contribution in [2.45, 2.75) is 26.3 Å².